The van der Waals surface area contributed by atoms with Gasteiger partial charge in [0.15, 0.2) is 0 Å². The monoisotopic (exact) mass is 298 g/mol. The lowest BCUT2D eigenvalue weighted by molar-refractivity contribution is 0.191. The van der Waals surface area contributed by atoms with Crippen LogP contribution in [0, 0.1) is 5.92 Å². The summed E-state index contributed by atoms with van der Waals surface area (Å²) in [6.07, 6.45) is 1.40. The number of aliphatic hydroxyl groups excluding tert-OH is 1. The van der Waals surface area contributed by atoms with Crippen LogP contribution < -0.4 is 5.73 Å². The Labute approximate surface area is 120 Å². The minimum absolute atomic E-state index is 0.149. The third-order valence-electron chi connectivity index (χ3n) is 4.08. The van der Waals surface area contributed by atoms with Gasteiger partial charge in [0.25, 0.3) is 0 Å². The molecule has 1 heterocycles. The molecular formula is C14H22N2O3S. The molecule has 0 aliphatic carbocycles. The molecule has 5 nitrogen and oxygen atoms in total. The maximum absolute atomic E-state index is 12.8. The first kappa shape index (κ1) is 15.3. The molecular weight excluding hydrogens is 276 g/mol. The van der Waals surface area contributed by atoms with Crippen molar-refractivity contribution in [3.63, 3.8) is 0 Å². The number of sulfonamides is 1. The third kappa shape index (κ3) is 2.55. The molecule has 0 aromatic heterocycles. The molecule has 1 aromatic carbocycles. The molecule has 0 bridgehead atoms. The van der Waals surface area contributed by atoms with Crippen LogP contribution in [0.25, 0.3) is 0 Å². The topological polar surface area (TPSA) is 83.6 Å². The maximum Gasteiger partial charge on any atom is 0.243 e. The Morgan fingerprint density at radius 2 is 2.15 bits per heavy atom. The van der Waals surface area contributed by atoms with E-state index in [1.807, 2.05) is 13.8 Å². The van der Waals surface area contributed by atoms with Crippen LogP contribution in [0.3, 0.4) is 0 Å². The zero-order chi connectivity index (χ0) is 14.9. The van der Waals surface area contributed by atoms with Gasteiger partial charge in [0.05, 0.1) is 17.5 Å². The van der Waals surface area contributed by atoms with Gasteiger partial charge in [-0.15, -0.1) is 0 Å². The minimum Gasteiger partial charge on any atom is -0.399 e. The van der Waals surface area contributed by atoms with E-state index >= 15 is 0 Å². The molecule has 20 heavy (non-hydrogen) atoms. The Bertz CT molecular complexity index is 586. The van der Waals surface area contributed by atoms with Crippen molar-refractivity contribution in [2.45, 2.75) is 37.6 Å². The van der Waals surface area contributed by atoms with Gasteiger partial charge >= 0.3 is 0 Å². The fourth-order valence-electron chi connectivity index (χ4n) is 2.77. The van der Waals surface area contributed by atoms with Gasteiger partial charge in [-0.25, -0.2) is 8.42 Å². The van der Waals surface area contributed by atoms with Crippen LogP contribution >= 0.6 is 0 Å². The quantitative estimate of drug-likeness (QED) is 0.819. The molecule has 1 aliphatic rings. The first-order valence-corrected chi connectivity index (χ1v) is 8.37. The SMILES string of the molecule is CCc1ccc(N)cc1S(=O)(=O)N1CCC(C)C1CO. The van der Waals surface area contributed by atoms with Crippen molar-refractivity contribution < 1.29 is 13.5 Å². The number of nitrogens with two attached hydrogens (primary N) is 1. The molecule has 0 amide bonds. The predicted octanol–water partition coefficient (Wildman–Crippen LogP) is 1.22. The Hall–Kier alpha value is -1.11. The van der Waals surface area contributed by atoms with Gasteiger partial charge < -0.3 is 10.8 Å². The smallest absolute Gasteiger partial charge is 0.243 e. The zero-order valence-corrected chi connectivity index (χ0v) is 12.7. The van der Waals surface area contributed by atoms with Gasteiger partial charge in [-0.1, -0.05) is 19.9 Å². The van der Waals surface area contributed by atoms with Gasteiger partial charge in [-0.3, -0.25) is 0 Å². The average Bonchev–Trinajstić information content (AvgIpc) is 2.80. The van der Waals surface area contributed by atoms with Crippen molar-refractivity contribution in [2.24, 2.45) is 5.92 Å². The number of hydrogen-bond acceptors (Lipinski definition) is 4. The Kier molecular flexibility index (Phi) is 4.36. The van der Waals surface area contributed by atoms with Crippen molar-refractivity contribution in [3.05, 3.63) is 23.8 Å². The van der Waals surface area contributed by atoms with Crippen molar-refractivity contribution in [3.8, 4) is 0 Å². The van der Waals surface area contributed by atoms with Crippen LogP contribution in [-0.2, 0) is 16.4 Å². The van der Waals surface area contributed by atoms with E-state index in [2.05, 4.69) is 0 Å². The summed E-state index contributed by atoms with van der Waals surface area (Å²) in [5.41, 5.74) is 6.94. The lowest BCUT2D eigenvalue weighted by atomic mass is 10.0. The Morgan fingerprint density at radius 1 is 1.45 bits per heavy atom. The highest BCUT2D eigenvalue weighted by Gasteiger charge is 2.39. The molecule has 0 saturated carbocycles. The molecule has 2 atom stereocenters. The number of nitrogens with zero attached hydrogens (tertiary/aromatic N) is 1. The van der Waals surface area contributed by atoms with E-state index in [9.17, 15) is 13.5 Å². The van der Waals surface area contributed by atoms with E-state index < -0.39 is 10.0 Å². The summed E-state index contributed by atoms with van der Waals surface area (Å²) in [5.74, 6) is 0.168. The van der Waals surface area contributed by atoms with Crippen molar-refractivity contribution in [1.82, 2.24) is 4.31 Å². The molecule has 1 aromatic rings. The van der Waals surface area contributed by atoms with E-state index in [1.54, 1.807) is 12.1 Å². The third-order valence-corrected chi connectivity index (χ3v) is 6.08. The summed E-state index contributed by atoms with van der Waals surface area (Å²) < 4.78 is 27.1. The second kappa shape index (κ2) is 5.71. The minimum atomic E-state index is -3.60. The van der Waals surface area contributed by atoms with E-state index in [-0.39, 0.29) is 23.5 Å². The van der Waals surface area contributed by atoms with E-state index in [0.717, 1.165) is 12.0 Å². The number of nitrogen functional groups attached to an aromatic ring is 1. The lowest BCUT2D eigenvalue weighted by Crippen LogP contribution is -2.40. The average molecular weight is 298 g/mol. The van der Waals surface area contributed by atoms with Gasteiger partial charge in [-0.2, -0.15) is 4.31 Å². The molecule has 112 valence electrons. The van der Waals surface area contributed by atoms with Crippen molar-refractivity contribution in [1.29, 1.82) is 0 Å². The van der Waals surface area contributed by atoms with Crippen LogP contribution in [0.5, 0.6) is 0 Å². The summed E-state index contributed by atoms with van der Waals surface area (Å²) in [7, 11) is -3.60. The summed E-state index contributed by atoms with van der Waals surface area (Å²) in [6.45, 7) is 4.19. The highest BCUT2D eigenvalue weighted by Crippen LogP contribution is 2.32. The second-order valence-corrected chi connectivity index (χ2v) is 7.21. The second-order valence-electron chi connectivity index (χ2n) is 5.35. The zero-order valence-electron chi connectivity index (χ0n) is 11.9. The van der Waals surface area contributed by atoms with E-state index in [4.69, 9.17) is 5.73 Å². The summed E-state index contributed by atoms with van der Waals surface area (Å²) in [6, 6.07) is 4.65. The van der Waals surface area contributed by atoms with Gasteiger partial charge in [-0.05, 0) is 36.5 Å². The molecule has 0 spiro atoms. The largest absolute Gasteiger partial charge is 0.399 e. The van der Waals surface area contributed by atoms with Crippen LogP contribution in [0.1, 0.15) is 25.8 Å². The number of benzene rings is 1. The fraction of sp³-hybridized carbons (Fsp3) is 0.571. The number of rotatable bonds is 4. The summed E-state index contributed by atoms with van der Waals surface area (Å²) in [5, 5.41) is 9.47. The number of aryl methyl sites for hydroxylation is 1. The summed E-state index contributed by atoms with van der Waals surface area (Å²) >= 11 is 0. The van der Waals surface area contributed by atoms with Gasteiger partial charge in [0, 0.05) is 12.2 Å². The van der Waals surface area contributed by atoms with Crippen LogP contribution in [0.4, 0.5) is 5.69 Å². The molecule has 1 saturated heterocycles. The van der Waals surface area contributed by atoms with Crippen molar-refractivity contribution >= 4 is 15.7 Å². The first-order valence-electron chi connectivity index (χ1n) is 6.93. The predicted molar refractivity (Wildman–Crippen MR) is 78.8 cm³/mol. The normalized spacial score (nSPS) is 24.1. The van der Waals surface area contributed by atoms with Crippen LogP contribution in [-0.4, -0.2) is 37.0 Å². The first-order chi connectivity index (χ1) is 9.41. The van der Waals surface area contributed by atoms with Crippen LogP contribution in [0.15, 0.2) is 23.1 Å². The highest BCUT2D eigenvalue weighted by atomic mass is 32.2. The van der Waals surface area contributed by atoms with E-state index in [1.165, 1.54) is 10.4 Å². The highest BCUT2D eigenvalue weighted by molar-refractivity contribution is 7.89. The number of hydrogen-bond donors (Lipinski definition) is 2. The Balaban J connectivity index is 2.48. The molecule has 2 unspecified atom stereocenters. The maximum atomic E-state index is 12.8. The number of aliphatic hydroxyl groups is 1. The number of anilines is 1. The van der Waals surface area contributed by atoms with Gasteiger partial charge in [0.2, 0.25) is 10.0 Å². The van der Waals surface area contributed by atoms with E-state index in [0.29, 0.717) is 18.7 Å². The van der Waals surface area contributed by atoms with Gasteiger partial charge in [0.1, 0.15) is 0 Å². The molecule has 2 rings (SSSR count). The lowest BCUT2D eigenvalue weighted by Gasteiger charge is -2.25. The molecule has 0 radical (unpaired) electrons. The molecule has 1 fully saturated rings. The molecule has 1 aliphatic heterocycles. The fourth-order valence-corrected chi connectivity index (χ4v) is 4.83. The van der Waals surface area contributed by atoms with Crippen molar-refractivity contribution in [2.75, 3.05) is 18.9 Å². The summed E-state index contributed by atoms with van der Waals surface area (Å²) in [4.78, 5) is 0.271. The van der Waals surface area contributed by atoms with Crippen LogP contribution in [0.2, 0.25) is 0 Å². The standard InChI is InChI=1S/C14H22N2O3S/c1-3-11-4-5-12(15)8-14(11)20(18,19)16-7-6-10(2)13(16)9-17/h4-5,8,10,13,17H,3,6-7,9,15H2,1-2H3. The molecule has 6 heteroatoms. The Morgan fingerprint density at radius 3 is 2.75 bits per heavy atom. The molecule has 3 N–H and O–H groups in total.